The zero-order chi connectivity index (χ0) is 20.8. The Bertz CT molecular complexity index is 1060. The Hall–Kier alpha value is -3.14. The summed E-state index contributed by atoms with van der Waals surface area (Å²) >= 11 is 0. The smallest absolute Gasteiger partial charge is 0.128 e. The Morgan fingerprint density at radius 3 is 2.83 bits per heavy atom. The molecule has 0 aliphatic heterocycles. The predicted octanol–water partition coefficient (Wildman–Crippen LogP) is 6.68. The molecule has 2 heterocycles. The second-order valence-corrected chi connectivity index (χ2v) is 7.72. The summed E-state index contributed by atoms with van der Waals surface area (Å²) in [6.45, 7) is 0. The molecule has 30 heavy (non-hydrogen) atoms. The van der Waals surface area contributed by atoms with Gasteiger partial charge in [0.25, 0.3) is 0 Å². The van der Waals surface area contributed by atoms with Crippen LogP contribution < -0.4 is 5.32 Å². The van der Waals surface area contributed by atoms with Crippen molar-refractivity contribution < 1.29 is 4.39 Å². The number of pyridine rings is 1. The monoisotopic (exact) mass is 401 g/mol. The van der Waals surface area contributed by atoms with Crippen molar-refractivity contribution in [2.45, 2.75) is 38.5 Å². The lowest BCUT2D eigenvalue weighted by Crippen LogP contribution is -2.04. The van der Waals surface area contributed by atoms with Crippen LogP contribution >= 0.6 is 0 Å². The Morgan fingerprint density at radius 1 is 1.07 bits per heavy atom. The van der Waals surface area contributed by atoms with E-state index in [-0.39, 0.29) is 5.83 Å². The highest BCUT2D eigenvalue weighted by Crippen LogP contribution is 2.30. The zero-order valence-corrected chi connectivity index (χ0v) is 17.4. The summed E-state index contributed by atoms with van der Waals surface area (Å²) in [4.78, 5) is 7.46. The number of allylic oxidation sites excluding steroid dienone is 12. The Labute approximate surface area is 177 Å². The van der Waals surface area contributed by atoms with Gasteiger partial charge in [0.15, 0.2) is 0 Å². The van der Waals surface area contributed by atoms with Gasteiger partial charge in [0.1, 0.15) is 5.83 Å². The van der Waals surface area contributed by atoms with E-state index < -0.39 is 0 Å². The minimum Gasteiger partial charge on any atom is -0.391 e. The van der Waals surface area contributed by atoms with Crippen LogP contribution in [-0.4, -0.2) is 17.0 Å². The normalized spacial score (nSPS) is 28.1. The highest BCUT2D eigenvalue weighted by atomic mass is 19.1. The van der Waals surface area contributed by atoms with Gasteiger partial charge in [-0.15, -0.1) is 0 Å². The summed E-state index contributed by atoms with van der Waals surface area (Å²) in [6.07, 6.45) is 23.9. The van der Waals surface area contributed by atoms with Gasteiger partial charge >= 0.3 is 0 Å². The molecule has 0 fully saturated rings. The number of aromatic nitrogens is 2. The average Bonchev–Trinajstić information content (AvgIpc) is 3.25. The minimum absolute atomic E-state index is 0.177. The summed E-state index contributed by atoms with van der Waals surface area (Å²) in [7, 11) is 1.98. The molecule has 2 aliphatic carbocycles. The summed E-state index contributed by atoms with van der Waals surface area (Å²) in [5.41, 5.74) is 5.96. The largest absolute Gasteiger partial charge is 0.391 e. The van der Waals surface area contributed by atoms with Gasteiger partial charge in [-0.3, -0.25) is 4.98 Å². The quantitative estimate of drug-likeness (QED) is 0.602. The second-order valence-electron chi connectivity index (χ2n) is 7.72. The van der Waals surface area contributed by atoms with Crippen LogP contribution in [-0.2, 0) is 0 Å². The number of hydrogen-bond donors (Lipinski definition) is 2. The molecule has 3 nitrogen and oxygen atoms in total. The first kappa shape index (κ1) is 20.1. The van der Waals surface area contributed by atoms with Crippen molar-refractivity contribution in [1.82, 2.24) is 15.3 Å². The maximum absolute atomic E-state index is 15.0. The summed E-state index contributed by atoms with van der Waals surface area (Å²) in [5.74, 6) is -0.177. The molecule has 0 aromatic carbocycles. The molecule has 0 saturated heterocycles. The van der Waals surface area contributed by atoms with Gasteiger partial charge in [-0.25, -0.2) is 4.39 Å². The van der Waals surface area contributed by atoms with Crippen molar-refractivity contribution in [1.29, 1.82) is 0 Å². The van der Waals surface area contributed by atoms with E-state index in [9.17, 15) is 0 Å². The van der Waals surface area contributed by atoms with Crippen molar-refractivity contribution in [2.24, 2.45) is 0 Å². The van der Waals surface area contributed by atoms with Gasteiger partial charge in [-0.05, 0) is 80.0 Å². The van der Waals surface area contributed by atoms with E-state index >= 15 is 4.39 Å². The molecule has 2 aliphatic rings. The number of nitrogens with one attached hydrogen (secondary N) is 2. The molecule has 0 amide bonds. The number of aromatic amines is 1. The van der Waals surface area contributed by atoms with E-state index in [0.29, 0.717) is 5.57 Å². The molecule has 2 aromatic rings. The van der Waals surface area contributed by atoms with Crippen molar-refractivity contribution in [3.63, 3.8) is 0 Å². The van der Waals surface area contributed by atoms with E-state index in [1.165, 1.54) is 16.8 Å². The average molecular weight is 402 g/mol. The molecule has 0 atom stereocenters. The lowest BCUT2D eigenvalue weighted by molar-refractivity contribution is 0.662. The molecule has 0 unspecified atom stereocenters. The van der Waals surface area contributed by atoms with Crippen LogP contribution in [0.3, 0.4) is 0 Å². The first-order chi connectivity index (χ1) is 14.7. The first-order valence-electron chi connectivity index (χ1n) is 10.7. The second kappa shape index (κ2) is 9.57. The number of fused-ring (bicyclic) bond motifs is 1. The Kier molecular flexibility index (Phi) is 6.43. The molecule has 154 valence electrons. The maximum Gasteiger partial charge on any atom is 0.128 e. The third kappa shape index (κ3) is 4.70. The van der Waals surface area contributed by atoms with Crippen LogP contribution in [0.2, 0.25) is 0 Å². The van der Waals surface area contributed by atoms with Crippen molar-refractivity contribution in [3.8, 4) is 0 Å². The number of halogens is 1. The van der Waals surface area contributed by atoms with Crippen LogP contribution in [0.15, 0.2) is 89.7 Å². The van der Waals surface area contributed by atoms with Crippen molar-refractivity contribution in [2.75, 3.05) is 7.05 Å². The van der Waals surface area contributed by atoms with Gasteiger partial charge < -0.3 is 10.3 Å². The molecule has 0 spiro atoms. The van der Waals surface area contributed by atoms with Crippen LogP contribution in [0.5, 0.6) is 0 Å². The van der Waals surface area contributed by atoms with Gasteiger partial charge in [-0.2, -0.15) is 0 Å². The molecule has 0 radical (unpaired) electrons. The molecular formula is C26H28FN3. The Morgan fingerprint density at radius 2 is 1.97 bits per heavy atom. The third-order valence-electron chi connectivity index (χ3n) is 5.67. The van der Waals surface area contributed by atoms with Gasteiger partial charge in [0, 0.05) is 35.6 Å². The van der Waals surface area contributed by atoms with E-state index in [0.717, 1.165) is 55.1 Å². The molecule has 4 heteroatoms. The van der Waals surface area contributed by atoms with Gasteiger partial charge in [0.05, 0.1) is 11.7 Å². The molecule has 2 aromatic heterocycles. The Balaban J connectivity index is 1.75. The van der Waals surface area contributed by atoms with E-state index in [1.54, 1.807) is 18.5 Å². The minimum atomic E-state index is -0.177. The summed E-state index contributed by atoms with van der Waals surface area (Å²) < 4.78 is 15.0. The van der Waals surface area contributed by atoms with E-state index in [2.05, 4.69) is 45.7 Å². The fourth-order valence-corrected chi connectivity index (χ4v) is 3.93. The summed E-state index contributed by atoms with van der Waals surface area (Å²) in [6, 6.07) is 3.93. The van der Waals surface area contributed by atoms with E-state index in [1.807, 2.05) is 25.3 Å². The van der Waals surface area contributed by atoms with Gasteiger partial charge in [0.2, 0.25) is 0 Å². The maximum atomic E-state index is 15.0. The lowest BCUT2D eigenvalue weighted by atomic mass is 9.98. The third-order valence-corrected chi connectivity index (χ3v) is 5.67. The highest BCUT2D eigenvalue weighted by molar-refractivity contribution is 5.87. The van der Waals surface area contributed by atoms with Crippen molar-refractivity contribution in [3.05, 3.63) is 95.4 Å². The van der Waals surface area contributed by atoms with Crippen molar-refractivity contribution >= 4 is 16.5 Å². The van der Waals surface area contributed by atoms with Crippen LogP contribution in [0.4, 0.5) is 4.39 Å². The topological polar surface area (TPSA) is 40.7 Å². The standard InChI is InChI=1S/C26H28FN3/c1-28-22-9-4-2-3-7-19(11-13-22)20-8-5-6-10-24(27)23(14-12-20)25-17-21-15-16-29-18-26(21)30-25/h3,7,10-18,28,30H,2,4-6,8-9H2,1H3/b7-3-,19-11+,20-12+,22-13+,23-14+,24-10+. The SMILES string of the molecule is CN/C1=C/C=C(/C2=C/C=C(c3cc4ccncc4[nH]3)\C(F)=C/CCC2)\C=C/CCC1. The molecule has 4 rings (SSSR count). The van der Waals surface area contributed by atoms with Crippen LogP contribution in [0.25, 0.3) is 16.5 Å². The number of rotatable bonds is 3. The van der Waals surface area contributed by atoms with E-state index in [4.69, 9.17) is 0 Å². The zero-order valence-electron chi connectivity index (χ0n) is 17.4. The molecule has 2 N–H and O–H groups in total. The number of nitrogens with zero attached hydrogens (tertiary/aromatic N) is 1. The molecular weight excluding hydrogens is 373 g/mol. The fourth-order valence-electron chi connectivity index (χ4n) is 3.93. The van der Waals surface area contributed by atoms with Crippen LogP contribution in [0.1, 0.15) is 44.2 Å². The van der Waals surface area contributed by atoms with Crippen LogP contribution in [0, 0.1) is 0 Å². The molecule has 0 bridgehead atoms. The molecule has 0 saturated carbocycles. The lowest BCUT2D eigenvalue weighted by Gasteiger charge is -2.08. The predicted molar refractivity (Wildman–Crippen MR) is 123 cm³/mol. The summed E-state index contributed by atoms with van der Waals surface area (Å²) in [5, 5.41) is 4.32. The highest BCUT2D eigenvalue weighted by Gasteiger charge is 2.13. The van der Waals surface area contributed by atoms with Gasteiger partial charge in [-0.1, -0.05) is 24.3 Å². The number of H-pyrrole nitrogens is 1. The number of hydrogen-bond acceptors (Lipinski definition) is 2. The fraction of sp³-hybridized carbons (Fsp3) is 0.269. The first-order valence-corrected chi connectivity index (χ1v) is 10.7.